The summed E-state index contributed by atoms with van der Waals surface area (Å²) in [5, 5.41) is 2.95. The second-order valence-corrected chi connectivity index (χ2v) is 6.93. The molecule has 3 amide bonds. The third-order valence-corrected chi connectivity index (χ3v) is 5.15. The van der Waals surface area contributed by atoms with Gasteiger partial charge in [-0.05, 0) is 41.7 Å². The van der Waals surface area contributed by atoms with Gasteiger partial charge in [0.15, 0.2) is 0 Å². The molecule has 2 aromatic rings. The van der Waals surface area contributed by atoms with Crippen molar-refractivity contribution in [2.45, 2.75) is 24.9 Å². The minimum Gasteiger partial charge on any atom is -0.319 e. The monoisotopic (exact) mass is 370 g/mol. The number of rotatable bonds is 2. The molecule has 5 heteroatoms. The molecule has 1 N–H and O–H groups in total. The first kappa shape index (κ1) is 14.5. The lowest BCUT2D eigenvalue weighted by Gasteiger charge is -2.22. The summed E-state index contributed by atoms with van der Waals surface area (Å²) in [6.07, 6.45) is 1.44. The van der Waals surface area contributed by atoms with E-state index in [2.05, 4.69) is 21.2 Å². The number of carbonyl (C=O) groups excluding carboxylic acids is 2. The average Bonchev–Trinajstić information content (AvgIpc) is 3.02. The number of imide groups is 1. The fourth-order valence-corrected chi connectivity index (χ4v) is 4.00. The van der Waals surface area contributed by atoms with Crippen LogP contribution in [0.2, 0.25) is 0 Å². The Balaban J connectivity index is 1.68. The Labute approximate surface area is 142 Å². The van der Waals surface area contributed by atoms with Crippen LogP contribution in [0.25, 0.3) is 0 Å². The van der Waals surface area contributed by atoms with Gasteiger partial charge in [0.2, 0.25) is 0 Å². The number of hydrogen-bond donors (Lipinski definition) is 1. The summed E-state index contributed by atoms with van der Waals surface area (Å²) >= 11 is 3.42. The highest BCUT2D eigenvalue weighted by Crippen LogP contribution is 2.41. The van der Waals surface area contributed by atoms with Crippen LogP contribution in [0.4, 0.5) is 4.79 Å². The first-order valence-electron chi connectivity index (χ1n) is 7.57. The van der Waals surface area contributed by atoms with Crippen LogP contribution in [0.5, 0.6) is 0 Å². The Kier molecular flexibility index (Phi) is 3.27. The maximum absolute atomic E-state index is 13.0. The van der Waals surface area contributed by atoms with Gasteiger partial charge in [0.1, 0.15) is 5.54 Å². The molecule has 0 radical (unpaired) electrons. The van der Waals surface area contributed by atoms with Crippen molar-refractivity contribution in [2.75, 3.05) is 0 Å². The van der Waals surface area contributed by atoms with Gasteiger partial charge in [0.25, 0.3) is 5.91 Å². The zero-order valence-electron chi connectivity index (χ0n) is 12.4. The summed E-state index contributed by atoms with van der Waals surface area (Å²) in [4.78, 5) is 26.8. The number of benzene rings is 2. The maximum atomic E-state index is 13.0. The van der Waals surface area contributed by atoms with E-state index < -0.39 is 5.54 Å². The number of carbonyl (C=O) groups is 2. The largest absolute Gasteiger partial charge is 0.325 e. The zero-order valence-corrected chi connectivity index (χ0v) is 14.0. The molecule has 1 fully saturated rings. The lowest BCUT2D eigenvalue weighted by molar-refractivity contribution is -0.132. The van der Waals surface area contributed by atoms with Crippen LogP contribution in [0.1, 0.15) is 23.1 Å². The molecular formula is C18H15BrN2O2. The number of halogens is 1. The SMILES string of the molecule is O=C1N[C@@]2(CCc3ccccc32)C(=O)N1Cc1cccc(Br)c1. The molecule has 1 saturated heterocycles. The van der Waals surface area contributed by atoms with E-state index in [0.29, 0.717) is 6.42 Å². The molecule has 4 nitrogen and oxygen atoms in total. The molecule has 116 valence electrons. The van der Waals surface area contributed by atoms with E-state index in [-0.39, 0.29) is 18.5 Å². The summed E-state index contributed by atoms with van der Waals surface area (Å²) in [6, 6.07) is 15.2. The maximum Gasteiger partial charge on any atom is 0.325 e. The average molecular weight is 371 g/mol. The molecule has 0 unspecified atom stereocenters. The quantitative estimate of drug-likeness (QED) is 0.824. The lowest BCUT2D eigenvalue weighted by Crippen LogP contribution is -2.41. The first-order valence-corrected chi connectivity index (χ1v) is 8.36. The van der Waals surface area contributed by atoms with E-state index in [1.54, 1.807) is 0 Å². The van der Waals surface area contributed by atoms with E-state index in [1.807, 2.05) is 48.5 Å². The highest BCUT2D eigenvalue weighted by molar-refractivity contribution is 9.10. The van der Waals surface area contributed by atoms with Gasteiger partial charge in [-0.2, -0.15) is 0 Å². The van der Waals surface area contributed by atoms with Crippen molar-refractivity contribution in [3.05, 3.63) is 69.7 Å². The molecule has 0 saturated carbocycles. The molecule has 1 aliphatic carbocycles. The number of fused-ring (bicyclic) bond motifs is 2. The lowest BCUT2D eigenvalue weighted by atomic mass is 9.92. The van der Waals surface area contributed by atoms with E-state index in [0.717, 1.165) is 27.6 Å². The van der Waals surface area contributed by atoms with Crippen molar-refractivity contribution in [3.63, 3.8) is 0 Å². The molecule has 1 heterocycles. The second kappa shape index (κ2) is 5.20. The summed E-state index contributed by atoms with van der Waals surface area (Å²) in [6.45, 7) is 0.286. The van der Waals surface area contributed by atoms with Gasteiger partial charge < -0.3 is 5.32 Å². The second-order valence-electron chi connectivity index (χ2n) is 6.01. The van der Waals surface area contributed by atoms with Crippen LogP contribution < -0.4 is 5.32 Å². The number of urea groups is 1. The molecule has 1 spiro atoms. The van der Waals surface area contributed by atoms with Crippen molar-refractivity contribution < 1.29 is 9.59 Å². The minimum atomic E-state index is -0.875. The van der Waals surface area contributed by atoms with Crippen LogP contribution in [-0.2, 0) is 23.3 Å². The van der Waals surface area contributed by atoms with Crippen LogP contribution in [-0.4, -0.2) is 16.8 Å². The van der Waals surface area contributed by atoms with Crippen LogP contribution >= 0.6 is 15.9 Å². The fraction of sp³-hybridized carbons (Fsp3) is 0.222. The first-order chi connectivity index (χ1) is 11.1. The highest BCUT2D eigenvalue weighted by Gasteiger charge is 2.55. The normalized spacial score (nSPS) is 22.6. The molecule has 2 aromatic carbocycles. The summed E-state index contributed by atoms with van der Waals surface area (Å²) in [5.41, 5.74) is 2.13. The summed E-state index contributed by atoms with van der Waals surface area (Å²) in [7, 11) is 0. The number of nitrogens with one attached hydrogen (secondary N) is 1. The van der Waals surface area contributed by atoms with Gasteiger partial charge in [-0.15, -0.1) is 0 Å². The van der Waals surface area contributed by atoms with E-state index in [4.69, 9.17) is 0 Å². The van der Waals surface area contributed by atoms with Crippen molar-refractivity contribution in [3.8, 4) is 0 Å². The van der Waals surface area contributed by atoms with Gasteiger partial charge in [-0.3, -0.25) is 9.69 Å². The number of hydrogen-bond acceptors (Lipinski definition) is 2. The molecule has 1 aliphatic heterocycles. The van der Waals surface area contributed by atoms with Crippen molar-refractivity contribution in [1.29, 1.82) is 0 Å². The molecule has 2 aliphatic rings. The zero-order chi connectivity index (χ0) is 16.0. The Morgan fingerprint density at radius 3 is 2.78 bits per heavy atom. The predicted octanol–water partition coefficient (Wildman–Crippen LogP) is 3.34. The smallest absolute Gasteiger partial charge is 0.319 e. The minimum absolute atomic E-state index is 0.146. The van der Waals surface area contributed by atoms with E-state index >= 15 is 0 Å². The Morgan fingerprint density at radius 2 is 1.96 bits per heavy atom. The van der Waals surface area contributed by atoms with Crippen molar-refractivity contribution in [1.82, 2.24) is 10.2 Å². The van der Waals surface area contributed by atoms with Gasteiger partial charge >= 0.3 is 6.03 Å². The number of nitrogens with zero attached hydrogens (tertiary/aromatic N) is 1. The molecule has 4 rings (SSSR count). The molecule has 0 bridgehead atoms. The molecule has 0 aromatic heterocycles. The summed E-state index contributed by atoms with van der Waals surface area (Å²) < 4.78 is 0.933. The Morgan fingerprint density at radius 1 is 1.13 bits per heavy atom. The molecular weight excluding hydrogens is 356 g/mol. The third-order valence-electron chi connectivity index (χ3n) is 4.65. The fourth-order valence-electron chi connectivity index (χ4n) is 3.55. The number of aryl methyl sites for hydroxylation is 1. The third kappa shape index (κ3) is 2.18. The molecule has 23 heavy (non-hydrogen) atoms. The number of amides is 3. The summed E-state index contributed by atoms with van der Waals surface area (Å²) in [5.74, 6) is -0.146. The van der Waals surface area contributed by atoms with E-state index in [1.165, 1.54) is 4.90 Å². The standard InChI is InChI=1S/C18H15BrN2O2/c19-14-6-3-4-12(10-14)11-21-16(22)18(20-17(21)23)9-8-13-5-1-2-7-15(13)18/h1-7,10H,8-9,11H2,(H,20,23)/t18-/m1/s1. The van der Waals surface area contributed by atoms with Crippen LogP contribution in [0, 0.1) is 0 Å². The van der Waals surface area contributed by atoms with Gasteiger partial charge in [0, 0.05) is 4.47 Å². The van der Waals surface area contributed by atoms with Gasteiger partial charge in [0.05, 0.1) is 6.54 Å². The Bertz CT molecular complexity index is 820. The predicted molar refractivity (Wildman–Crippen MR) is 89.7 cm³/mol. The van der Waals surface area contributed by atoms with Crippen molar-refractivity contribution >= 4 is 27.9 Å². The van der Waals surface area contributed by atoms with E-state index in [9.17, 15) is 9.59 Å². The van der Waals surface area contributed by atoms with Crippen LogP contribution in [0.15, 0.2) is 53.0 Å². The van der Waals surface area contributed by atoms with Crippen LogP contribution in [0.3, 0.4) is 0 Å². The van der Waals surface area contributed by atoms with Crippen molar-refractivity contribution in [2.24, 2.45) is 0 Å². The van der Waals surface area contributed by atoms with Gasteiger partial charge in [-0.1, -0.05) is 52.3 Å². The van der Waals surface area contributed by atoms with Gasteiger partial charge in [-0.25, -0.2) is 4.79 Å². The highest BCUT2D eigenvalue weighted by atomic mass is 79.9. The topological polar surface area (TPSA) is 49.4 Å². The molecule has 1 atom stereocenters. The Hall–Kier alpha value is -2.14.